The van der Waals surface area contributed by atoms with E-state index in [9.17, 15) is 9.00 Å². The van der Waals surface area contributed by atoms with E-state index in [1.807, 2.05) is 30.3 Å². The van der Waals surface area contributed by atoms with Crippen molar-refractivity contribution in [2.45, 2.75) is 0 Å². The minimum atomic E-state index is -2.08. The number of carbonyl (C=O) groups is 1. The Morgan fingerprint density at radius 3 is 2.29 bits per heavy atom. The quantitative estimate of drug-likeness (QED) is 0.466. The predicted octanol–water partition coefficient (Wildman–Crippen LogP) is 1.59. The molecule has 0 heterocycles. The Morgan fingerprint density at radius 1 is 1.24 bits per heavy atom. The number of methoxy groups -OCH3 is 1. The summed E-state index contributed by atoms with van der Waals surface area (Å²) in [5.74, 6) is -0.455. The first-order valence-electron chi connectivity index (χ1n) is 5.06. The lowest BCUT2D eigenvalue weighted by molar-refractivity contribution is -0.134. The molecule has 17 heavy (non-hydrogen) atoms. The molecule has 0 saturated carbocycles. The number of ether oxygens (including phenoxy) is 1. The van der Waals surface area contributed by atoms with Crippen molar-refractivity contribution in [3.8, 4) is 0 Å². The molecule has 3 nitrogen and oxygen atoms in total. The highest BCUT2D eigenvalue weighted by atomic mass is 32.2. The van der Waals surface area contributed by atoms with Crippen LogP contribution in [0.3, 0.4) is 0 Å². The van der Waals surface area contributed by atoms with Crippen LogP contribution in [0.5, 0.6) is 0 Å². The van der Waals surface area contributed by atoms with E-state index in [0.717, 1.165) is 5.56 Å². The standard InChI is InChI=1S/C13H16O3S/c1-16-13(14)9-12(10-17(2,3)15)11-7-5-4-6-8-11/h4-10H,1-3H3/b12-9+. The first-order valence-corrected chi connectivity index (χ1v) is 7.50. The Balaban J connectivity index is 3.27. The fraction of sp³-hybridized carbons (Fsp3) is 0.231. The van der Waals surface area contributed by atoms with Gasteiger partial charge in [0.2, 0.25) is 0 Å². The number of hydrogen-bond acceptors (Lipinski definition) is 3. The van der Waals surface area contributed by atoms with Crippen LogP contribution in [0.25, 0.3) is 5.57 Å². The highest BCUT2D eigenvalue weighted by molar-refractivity contribution is 8.00. The third kappa shape index (κ3) is 4.87. The van der Waals surface area contributed by atoms with Gasteiger partial charge in [0, 0.05) is 18.6 Å². The third-order valence-corrected chi connectivity index (χ3v) is 2.81. The van der Waals surface area contributed by atoms with E-state index in [2.05, 4.69) is 4.74 Å². The number of hydrogen-bond donors (Lipinski definition) is 0. The lowest BCUT2D eigenvalue weighted by Gasteiger charge is -2.04. The van der Waals surface area contributed by atoms with Crippen LogP contribution >= 0.6 is 0 Å². The van der Waals surface area contributed by atoms with Crippen LogP contribution in [0.15, 0.2) is 36.4 Å². The number of rotatable bonds is 3. The molecule has 0 atom stereocenters. The molecule has 0 bridgehead atoms. The maximum absolute atomic E-state index is 11.8. The van der Waals surface area contributed by atoms with E-state index >= 15 is 0 Å². The molecule has 0 aromatic heterocycles. The molecule has 0 aliphatic carbocycles. The van der Waals surface area contributed by atoms with Gasteiger partial charge >= 0.3 is 5.97 Å². The lowest BCUT2D eigenvalue weighted by Crippen LogP contribution is -2.03. The molecule has 1 aromatic rings. The SMILES string of the molecule is COC(=O)/C=C(\C=S(C)(C)=O)c1ccccc1. The Labute approximate surface area is 102 Å². The Bertz CT molecular complexity index is 527. The van der Waals surface area contributed by atoms with Crippen molar-refractivity contribution < 1.29 is 13.7 Å². The molecular weight excluding hydrogens is 236 g/mol. The van der Waals surface area contributed by atoms with Crippen molar-refractivity contribution in [3.63, 3.8) is 0 Å². The summed E-state index contributed by atoms with van der Waals surface area (Å²) in [7, 11) is -0.760. The zero-order valence-corrected chi connectivity index (χ0v) is 11.0. The molecule has 0 saturated heterocycles. The van der Waals surface area contributed by atoms with Crippen molar-refractivity contribution in [2.24, 2.45) is 0 Å². The van der Waals surface area contributed by atoms with E-state index < -0.39 is 15.5 Å². The normalized spacial score (nSPS) is 12.1. The van der Waals surface area contributed by atoms with Crippen molar-refractivity contribution in [3.05, 3.63) is 42.0 Å². The second-order valence-corrected chi connectivity index (χ2v) is 6.77. The van der Waals surface area contributed by atoms with E-state index in [1.165, 1.54) is 13.2 Å². The molecule has 4 heteroatoms. The van der Waals surface area contributed by atoms with Gasteiger partial charge in [0.25, 0.3) is 0 Å². The topological polar surface area (TPSA) is 43.4 Å². The predicted molar refractivity (Wildman–Crippen MR) is 72.5 cm³/mol. The molecule has 0 radical (unpaired) electrons. The molecular formula is C13H16O3S. The van der Waals surface area contributed by atoms with E-state index in [0.29, 0.717) is 5.57 Å². The Kier molecular flexibility index (Phi) is 4.52. The summed E-state index contributed by atoms with van der Waals surface area (Å²) in [5.41, 5.74) is 1.46. The van der Waals surface area contributed by atoms with Crippen molar-refractivity contribution in [1.29, 1.82) is 0 Å². The van der Waals surface area contributed by atoms with Crippen LogP contribution in [0.4, 0.5) is 0 Å². The van der Waals surface area contributed by atoms with Gasteiger partial charge < -0.3 is 4.74 Å². The molecule has 1 rings (SSSR count). The van der Waals surface area contributed by atoms with Gasteiger partial charge in [-0.15, -0.1) is 0 Å². The number of allylic oxidation sites excluding steroid dienone is 1. The van der Waals surface area contributed by atoms with Gasteiger partial charge in [0.1, 0.15) is 0 Å². The second-order valence-electron chi connectivity index (χ2n) is 3.92. The molecule has 0 unspecified atom stereocenters. The molecule has 0 aliphatic heterocycles. The van der Waals surface area contributed by atoms with Gasteiger partial charge in [0.15, 0.2) is 0 Å². The van der Waals surface area contributed by atoms with E-state index in [-0.39, 0.29) is 0 Å². The highest BCUT2D eigenvalue weighted by Gasteiger charge is 2.04. The number of esters is 1. The minimum Gasteiger partial charge on any atom is -0.466 e. The van der Waals surface area contributed by atoms with Crippen LogP contribution in [-0.2, 0) is 19.1 Å². The summed E-state index contributed by atoms with van der Waals surface area (Å²) in [4.78, 5) is 11.3. The summed E-state index contributed by atoms with van der Waals surface area (Å²) < 4.78 is 16.4. The zero-order chi connectivity index (χ0) is 12.9. The summed E-state index contributed by atoms with van der Waals surface area (Å²) in [6, 6.07) is 9.32. The van der Waals surface area contributed by atoms with Gasteiger partial charge in [-0.3, -0.25) is 4.21 Å². The van der Waals surface area contributed by atoms with Crippen molar-refractivity contribution in [1.82, 2.24) is 0 Å². The van der Waals surface area contributed by atoms with Crippen molar-refractivity contribution >= 4 is 26.4 Å². The molecule has 92 valence electrons. The van der Waals surface area contributed by atoms with E-state index in [1.54, 1.807) is 17.9 Å². The van der Waals surface area contributed by atoms with Gasteiger partial charge in [-0.2, -0.15) is 0 Å². The van der Waals surface area contributed by atoms with Gasteiger partial charge in [-0.1, -0.05) is 30.3 Å². The molecule has 0 amide bonds. The first kappa shape index (κ1) is 13.5. The van der Waals surface area contributed by atoms with Crippen LogP contribution in [0.2, 0.25) is 0 Å². The van der Waals surface area contributed by atoms with Gasteiger partial charge in [0.05, 0.1) is 7.11 Å². The molecule has 0 N–H and O–H groups in total. The second kappa shape index (κ2) is 5.68. The summed E-state index contributed by atoms with van der Waals surface area (Å²) in [6.07, 6.45) is 4.60. The van der Waals surface area contributed by atoms with Crippen molar-refractivity contribution in [2.75, 3.05) is 19.6 Å². The lowest BCUT2D eigenvalue weighted by atomic mass is 10.1. The maximum Gasteiger partial charge on any atom is 0.331 e. The van der Waals surface area contributed by atoms with Gasteiger partial charge in [-0.25, -0.2) is 4.79 Å². The summed E-state index contributed by atoms with van der Waals surface area (Å²) in [5, 5.41) is 1.60. The maximum atomic E-state index is 11.8. The van der Waals surface area contributed by atoms with E-state index in [4.69, 9.17) is 0 Å². The smallest absolute Gasteiger partial charge is 0.331 e. The molecule has 0 spiro atoms. The van der Waals surface area contributed by atoms with Gasteiger partial charge in [-0.05, 0) is 26.0 Å². The van der Waals surface area contributed by atoms with Crippen LogP contribution in [0, 0.1) is 0 Å². The van der Waals surface area contributed by atoms with Crippen LogP contribution in [-0.4, -0.2) is 35.2 Å². The third-order valence-electron chi connectivity index (χ3n) is 1.99. The summed E-state index contributed by atoms with van der Waals surface area (Å²) in [6.45, 7) is 0. The average Bonchev–Trinajstić information content (AvgIpc) is 2.27. The van der Waals surface area contributed by atoms with Crippen LogP contribution in [0.1, 0.15) is 5.56 Å². The largest absolute Gasteiger partial charge is 0.466 e. The summed E-state index contributed by atoms with van der Waals surface area (Å²) >= 11 is 0. The zero-order valence-electron chi connectivity index (χ0n) is 10.2. The number of benzene rings is 1. The average molecular weight is 252 g/mol. The molecule has 0 aliphatic rings. The first-order chi connectivity index (χ1) is 7.92. The highest BCUT2D eigenvalue weighted by Crippen LogP contribution is 2.12. The Hall–Kier alpha value is -1.55. The monoisotopic (exact) mass is 252 g/mol. The number of carbonyl (C=O) groups excluding carboxylic acids is 1. The Morgan fingerprint density at radius 2 is 1.82 bits per heavy atom. The van der Waals surface area contributed by atoms with Crippen LogP contribution < -0.4 is 0 Å². The minimum absolute atomic E-state index is 0.455. The fourth-order valence-electron chi connectivity index (χ4n) is 1.31. The molecule has 0 fully saturated rings. The molecule has 1 aromatic carbocycles. The fourth-order valence-corrected chi connectivity index (χ4v) is 2.12.